The molecule has 0 amide bonds. The van der Waals surface area contributed by atoms with E-state index in [9.17, 15) is 13.2 Å². The number of aliphatic hydroxyl groups is 1. The number of halogens is 3. The molecule has 0 atom stereocenters. The highest BCUT2D eigenvalue weighted by Gasteiger charge is 2.32. The highest BCUT2D eigenvalue weighted by Crippen LogP contribution is 2.28. The van der Waals surface area contributed by atoms with Gasteiger partial charge in [0.05, 0.1) is 0 Å². The highest BCUT2D eigenvalue weighted by atomic mass is 19.4. The van der Waals surface area contributed by atoms with Crippen molar-refractivity contribution in [3.63, 3.8) is 0 Å². The summed E-state index contributed by atoms with van der Waals surface area (Å²) in [5.41, 5.74) is -0.891. The molecule has 0 radical (unpaired) electrons. The zero-order chi connectivity index (χ0) is 12.9. The van der Waals surface area contributed by atoms with Crippen LogP contribution in [0.15, 0.2) is 18.2 Å². The van der Waals surface area contributed by atoms with Crippen LogP contribution in [0.3, 0.4) is 0 Å². The molecule has 1 aromatic rings. The summed E-state index contributed by atoms with van der Waals surface area (Å²) in [6.07, 6.45) is -3.92. The third-order valence-electron chi connectivity index (χ3n) is 2.32. The van der Waals surface area contributed by atoms with Crippen LogP contribution in [0.1, 0.15) is 19.0 Å². The molecular weight excluding hydrogens is 233 g/mol. The fourth-order valence-electron chi connectivity index (χ4n) is 1.45. The lowest BCUT2D eigenvalue weighted by atomic mass is 10.3. The number of nitrogens with zero attached hydrogens (tertiary/aromatic N) is 2. The predicted octanol–water partition coefficient (Wildman–Crippen LogP) is 2.31. The Morgan fingerprint density at radius 1 is 1.35 bits per heavy atom. The van der Waals surface area contributed by atoms with Gasteiger partial charge >= 0.3 is 6.18 Å². The number of hydrogen-bond acceptors (Lipinski definition) is 3. The zero-order valence-corrected chi connectivity index (χ0v) is 9.54. The molecule has 0 saturated carbocycles. The van der Waals surface area contributed by atoms with Crippen molar-refractivity contribution in [1.29, 1.82) is 0 Å². The smallest absolute Gasteiger partial charge is 0.396 e. The Balaban J connectivity index is 2.89. The minimum atomic E-state index is -4.42. The van der Waals surface area contributed by atoms with Crippen molar-refractivity contribution in [2.75, 3.05) is 24.6 Å². The van der Waals surface area contributed by atoms with Gasteiger partial charge in [-0.3, -0.25) is 0 Å². The quantitative estimate of drug-likeness (QED) is 0.868. The maximum absolute atomic E-state index is 12.5. The van der Waals surface area contributed by atoms with E-state index in [0.29, 0.717) is 19.5 Å². The predicted molar refractivity (Wildman–Crippen MR) is 58.8 cm³/mol. The summed E-state index contributed by atoms with van der Waals surface area (Å²) in [4.78, 5) is 5.29. The van der Waals surface area contributed by atoms with Crippen molar-refractivity contribution >= 4 is 5.82 Å². The topological polar surface area (TPSA) is 36.4 Å². The molecule has 0 unspecified atom stereocenters. The third-order valence-corrected chi connectivity index (χ3v) is 2.32. The van der Waals surface area contributed by atoms with Crippen LogP contribution in [0.4, 0.5) is 19.0 Å². The monoisotopic (exact) mass is 248 g/mol. The first kappa shape index (κ1) is 13.8. The second-order valence-corrected chi connectivity index (χ2v) is 3.54. The number of alkyl halides is 3. The summed E-state index contributed by atoms with van der Waals surface area (Å²) in [5, 5.41) is 8.71. The van der Waals surface area contributed by atoms with Crippen molar-refractivity contribution in [1.82, 2.24) is 4.98 Å². The van der Waals surface area contributed by atoms with Crippen LogP contribution in [0.25, 0.3) is 0 Å². The van der Waals surface area contributed by atoms with Crippen molar-refractivity contribution in [2.45, 2.75) is 19.5 Å². The molecule has 0 aliphatic rings. The lowest BCUT2D eigenvalue weighted by Crippen LogP contribution is -2.26. The molecule has 0 bridgehead atoms. The van der Waals surface area contributed by atoms with Crippen LogP contribution in [-0.2, 0) is 6.18 Å². The maximum Gasteiger partial charge on any atom is 0.433 e. The third kappa shape index (κ3) is 3.89. The number of anilines is 1. The molecule has 0 saturated heterocycles. The summed E-state index contributed by atoms with van der Waals surface area (Å²) in [6.45, 7) is 2.88. The van der Waals surface area contributed by atoms with E-state index < -0.39 is 11.9 Å². The Morgan fingerprint density at radius 2 is 2.06 bits per heavy atom. The molecule has 0 aliphatic carbocycles. The molecule has 3 nitrogen and oxygen atoms in total. The van der Waals surface area contributed by atoms with E-state index in [1.807, 2.05) is 6.92 Å². The minimum absolute atomic E-state index is 0.00939. The van der Waals surface area contributed by atoms with Crippen LogP contribution >= 0.6 is 0 Å². The molecule has 0 aromatic carbocycles. The van der Waals surface area contributed by atoms with Gasteiger partial charge in [-0.15, -0.1) is 0 Å². The Morgan fingerprint density at radius 3 is 2.59 bits per heavy atom. The first-order chi connectivity index (χ1) is 7.99. The first-order valence-electron chi connectivity index (χ1n) is 5.39. The van der Waals surface area contributed by atoms with Crippen molar-refractivity contribution in [2.24, 2.45) is 0 Å². The highest BCUT2D eigenvalue weighted by molar-refractivity contribution is 5.39. The number of aromatic nitrogens is 1. The van der Waals surface area contributed by atoms with Crippen LogP contribution < -0.4 is 4.90 Å². The summed E-state index contributed by atoms with van der Waals surface area (Å²) in [6, 6.07) is 3.83. The van der Waals surface area contributed by atoms with Crippen molar-refractivity contribution in [3.8, 4) is 0 Å². The average molecular weight is 248 g/mol. The van der Waals surface area contributed by atoms with Gasteiger partial charge in [-0.2, -0.15) is 13.2 Å². The molecule has 1 aromatic heterocycles. The lowest BCUT2D eigenvalue weighted by Gasteiger charge is -2.22. The van der Waals surface area contributed by atoms with Crippen LogP contribution in [0.5, 0.6) is 0 Å². The van der Waals surface area contributed by atoms with E-state index in [4.69, 9.17) is 5.11 Å². The maximum atomic E-state index is 12.5. The van der Waals surface area contributed by atoms with Gasteiger partial charge in [0.15, 0.2) is 0 Å². The fraction of sp³-hybridized carbons (Fsp3) is 0.545. The fourth-order valence-corrected chi connectivity index (χ4v) is 1.45. The van der Waals surface area contributed by atoms with E-state index in [2.05, 4.69) is 4.98 Å². The summed E-state index contributed by atoms with van der Waals surface area (Å²) in [5.74, 6) is 0.288. The van der Waals surface area contributed by atoms with Crippen LogP contribution in [0.2, 0.25) is 0 Å². The normalized spacial score (nSPS) is 11.6. The van der Waals surface area contributed by atoms with Gasteiger partial charge in [-0.25, -0.2) is 4.98 Å². The second kappa shape index (κ2) is 5.86. The average Bonchev–Trinajstić information content (AvgIpc) is 2.29. The molecule has 1 N–H and O–H groups in total. The first-order valence-corrected chi connectivity index (χ1v) is 5.39. The Hall–Kier alpha value is -1.30. The van der Waals surface area contributed by atoms with Crippen LogP contribution in [-0.4, -0.2) is 29.8 Å². The van der Waals surface area contributed by atoms with Gasteiger partial charge in [0.2, 0.25) is 0 Å². The number of aliphatic hydroxyl groups excluding tert-OH is 1. The van der Waals surface area contributed by atoms with Crippen LogP contribution in [0, 0.1) is 0 Å². The Kier molecular flexibility index (Phi) is 4.74. The van der Waals surface area contributed by atoms with Gasteiger partial charge in [-0.05, 0) is 25.5 Å². The molecule has 0 fully saturated rings. The molecule has 6 heteroatoms. The second-order valence-electron chi connectivity index (χ2n) is 3.54. The number of pyridine rings is 1. The number of rotatable bonds is 5. The van der Waals surface area contributed by atoms with Crippen molar-refractivity contribution in [3.05, 3.63) is 23.9 Å². The molecular formula is C11H15F3N2O. The minimum Gasteiger partial charge on any atom is -0.396 e. The standard InChI is InChI=1S/C11H15F3N2O/c1-2-16(7-4-8-17)10-6-3-5-9(15-10)11(12,13)14/h3,5-6,17H,2,4,7-8H2,1H3. The zero-order valence-electron chi connectivity index (χ0n) is 9.54. The SMILES string of the molecule is CCN(CCCO)c1cccc(C(F)(F)F)n1. The molecule has 1 rings (SSSR count). The molecule has 0 aliphatic heterocycles. The molecule has 17 heavy (non-hydrogen) atoms. The van der Waals surface area contributed by atoms with Gasteiger partial charge in [0.25, 0.3) is 0 Å². The lowest BCUT2D eigenvalue weighted by molar-refractivity contribution is -0.141. The van der Waals surface area contributed by atoms with E-state index in [-0.39, 0.29) is 12.4 Å². The molecule has 96 valence electrons. The molecule has 0 spiro atoms. The van der Waals surface area contributed by atoms with E-state index >= 15 is 0 Å². The van der Waals surface area contributed by atoms with Gasteiger partial charge in [-0.1, -0.05) is 6.07 Å². The van der Waals surface area contributed by atoms with Gasteiger partial charge in [0, 0.05) is 19.7 Å². The summed E-state index contributed by atoms with van der Waals surface area (Å²) >= 11 is 0. The van der Waals surface area contributed by atoms with Crippen molar-refractivity contribution < 1.29 is 18.3 Å². The van der Waals surface area contributed by atoms with Gasteiger partial charge in [0.1, 0.15) is 11.5 Å². The van der Waals surface area contributed by atoms with E-state index in [1.54, 1.807) is 4.90 Å². The molecule has 1 heterocycles. The summed E-state index contributed by atoms with van der Waals surface area (Å²) < 4.78 is 37.4. The Labute approximate surface area is 97.9 Å². The largest absolute Gasteiger partial charge is 0.433 e. The van der Waals surface area contributed by atoms with E-state index in [0.717, 1.165) is 6.07 Å². The van der Waals surface area contributed by atoms with E-state index in [1.165, 1.54) is 12.1 Å². The number of hydrogen-bond donors (Lipinski definition) is 1. The summed E-state index contributed by atoms with van der Waals surface area (Å²) in [7, 11) is 0. The Bertz CT molecular complexity index is 355. The van der Waals surface area contributed by atoms with Gasteiger partial charge < -0.3 is 10.0 Å².